The first-order chi connectivity index (χ1) is 9.95. The zero-order valence-corrected chi connectivity index (χ0v) is 13.9. The average Bonchev–Trinajstić information content (AvgIpc) is 3.16. The summed E-state index contributed by atoms with van der Waals surface area (Å²) >= 11 is 0. The Balaban J connectivity index is 1.81. The molecule has 1 N–H and O–H groups in total. The minimum atomic E-state index is 0.0614. The molecular weight excluding hydrogens is 262 g/mol. The average molecular weight is 291 g/mol. The summed E-state index contributed by atoms with van der Waals surface area (Å²) in [6.07, 6.45) is 7.49. The normalized spacial score (nSPS) is 27.0. The smallest absolute Gasteiger partial charge is 0.0898 e. The van der Waals surface area contributed by atoms with Gasteiger partial charge in [-0.15, -0.1) is 0 Å². The van der Waals surface area contributed by atoms with E-state index in [-0.39, 0.29) is 11.5 Å². The van der Waals surface area contributed by atoms with Crippen LogP contribution in [0, 0.1) is 5.92 Å². The number of hydrogen-bond acceptors (Lipinski definition) is 3. The zero-order chi connectivity index (χ0) is 15.0. The van der Waals surface area contributed by atoms with Gasteiger partial charge in [-0.05, 0) is 25.7 Å². The number of rotatable bonds is 4. The van der Waals surface area contributed by atoms with E-state index >= 15 is 0 Å². The molecule has 0 amide bonds. The topological polar surface area (TPSA) is 39.1 Å². The lowest BCUT2D eigenvalue weighted by atomic mass is 9.83. The molecule has 2 heterocycles. The Morgan fingerprint density at radius 2 is 2.10 bits per heavy atom. The van der Waals surface area contributed by atoms with Gasteiger partial charge in [0.1, 0.15) is 0 Å². The minimum Gasteiger partial charge on any atom is -0.373 e. The molecule has 4 heteroatoms. The molecule has 118 valence electrons. The highest BCUT2D eigenvalue weighted by molar-refractivity contribution is 5.27. The van der Waals surface area contributed by atoms with Gasteiger partial charge in [-0.2, -0.15) is 5.10 Å². The zero-order valence-electron chi connectivity index (χ0n) is 13.9. The molecule has 1 aromatic heterocycles. The van der Waals surface area contributed by atoms with Crippen LogP contribution in [0.15, 0.2) is 6.20 Å². The van der Waals surface area contributed by atoms with Crippen LogP contribution >= 0.6 is 0 Å². The van der Waals surface area contributed by atoms with Gasteiger partial charge >= 0.3 is 0 Å². The highest BCUT2D eigenvalue weighted by Crippen LogP contribution is 2.38. The first-order valence-corrected chi connectivity index (χ1v) is 8.34. The van der Waals surface area contributed by atoms with Crippen molar-refractivity contribution in [2.75, 3.05) is 13.2 Å². The summed E-state index contributed by atoms with van der Waals surface area (Å²) < 4.78 is 8.13. The van der Waals surface area contributed by atoms with Crippen molar-refractivity contribution in [2.45, 2.75) is 64.0 Å². The largest absolute Gasteiger partial charge is 0.373 e. The lowest BCUT2D eigenvalue weighted by molar-refractivity contribution is -0.0287. The second-order valence-electron chi connectivity index (χ2n) is 7.73. The molecule has 0 spiro atoms. The molecule has 0 aromatic carbocycles. The van der Waals surface area contributed by atoms with Crippen LogP contribution in [0.4, 0.5) is 0 Å². The van der Waals surface area contributed by atoms with Crippen LogP contribution in [0.2, 0.25) is 0 Å². The maximum absolute atomic E-state index is 6.19. The van der Waals surface area contributed by atoms with Crippen molar-refractivity contribution in [3.05, 3.63) is 17.5 Å². The van der Waals surface area contributed by atoms with Crippen LogP contribution in [-0.4, -0.2) is 29.0 Å². The molecule has 3 rings (SSSR count). The Morgan fingerprint density at radius 3 is 2.76 bits per heavy atom. The first kappa shape index (κ1) is 15.0. The maximum atomic E-state index is 6.19. The third kappa shape index (κ3) is 3.49. The molecule has 1 saturated heterocycles. The molecule has 2 aliphatic rings. The third-order valence-electron chi connectivity index (χ3n) is 4.56. The predicted molar refractivity (Wildman–Crippen MR) is 84.3 cm³/mol. The lowest BCUT2D eigenvalue weighted by Crippen LogP contribution is -2.33. The molecule has 1 aromatic rings. The second-order valence-corrected chi connectivity index (χ2v) is 7.73. The molecule has 2 unspecified atom stereocenters. The maximum Gasteiger partial charge on any atom is 0.0898 e. The summed E-state index contributed by atoms with van der Waals surface area (Å²) in [4.78, 5) is 0. The van der Waals surface area contributed by atoms with Gasteiger partial charge in [-0.25, -0.2) is 0 Å². The number of hydrogen-bond donors (Lipinski definition) is 1. The third-order valence-corrected chi connectivity index (χ3v) is 4.56. The SMILES string of the molecule is Cn1cc(C2OCCCC2CNC2CC2)c(C(C)(C)C)n1. The van der Waals surface area contributed by atoms with E-state index in [1.165, 1.54) is 36.9 Å². The minimum absolute atomic E-state index is 0.0614. The van der Waals surface area contributed by atoms with Gasteiger partial charge in [0.05, 0.1) is 11.8 Å². The molecule has 2 fully saturated rings. The van der Waals surface area contributed by atoms with Crippen molar-refractivity contribution in [3.63, 3.8) is 0 Å². The summed E-state index contributed by atoms with van der Waals surface area (Å²) in [7, 11) is 2.01. The van der Waals surface area contributed by atoms with Gasteiger partial charge < -0.3 is 10.1 Å². The number of aryl methyl sites for hydroxylation is 1. The highest BCUT2D eigenvalue weighted by atomic mass is 16.5. The van der Waals surface area contributed by atoms with E-state index in [0.29, 0.717) is 5.92 Å². The van der Waals surface area contributed by atoms with Gasteiger partial charge in [0.15, 0.2) is 0 Å². The fourth-order valence-corrected chi connectivity index (χ4v) is 3.30. The van der Waals surface area contributed by atoms with E-state index in [4.69, 9.17) is 9.84 Å². The van der Waals surface area contributed by atoms with E-state index in [1.54, 1.807) is 0 Å². The molecule has 1 saturated carbocycles. The van der Waals surface area contributed by atoms with Crippen LogP contribution in [0.3, 0.4) is 0 Å². The molecule has 0 radical (unpaired) electrons. The Kier molecular flexibility index (Phi) is 4.10. The van der Waals surface area contributed by atoms with Gasteiger partial charge in [-0.3, -0.25) is 4.68 Å². The van der Waals surface area contributed by atoms with Crippen molar-refractivity contribution >= 4 is 0 Å². The lowest BCUT2D eigenvalue weighted by Gasteiger charge is -2.33. The Morgan fingerprint density at radius 1 is 1.33 bits per heavy atom. The van der Waals surface area contributed by atoms with E-state index in [0.717, 1.165) is 19.2 Å². The van der Waals surface area contributed by atoms with Crippen LogP contribution in [0.5, 0.6) is 0 Å². The van der Waals surface area contributed by atoms with Gasteiger partial charge in [0.25, 0.3) is 0 Å². The van der Waals surface area contributed by atoms with Crippen molar-refractivity contribution in [1.29, 1.82) is 0 Å². The van der Waals surface area contributed by atoms with Crippen molar-refractivity contribution in [3.8, 4) is 0 Å². The summed E-state index contributed by atoms with van der Waals surface area (Å²) in [5.74, 6) is 0.574. The predicted octanol–water partition coefficient (Wildman–Crippen LogP) is 2.94. The first-order valence-electron chi connectivity index (χ1n) is 8.34. The van der Waals surface area contributed by atoms with Crippen LogP contribution < -0.4 is 5.32 Å². The van der Waals surface area contributed by atoms with Crippen LogP contribution in [0.1, 0.15) is 63.8 Å². The molecule has 4 nitrogen and oxygen atoms in total. The van der Waals surface area contributed by atoms with E-state index in [9.17, 15) is 0 Å². The summed E-state index contributed by atoms with van der Waals surface area (Å²) in [5.41, 5.74) is 2.55. The fraction of sp³-hybridized carbons (Fsp3) is 0.824. The van der Waals surface area contributed by atoms with Crippen molar-refractivity contribution < 1.29 is 4.74 Å². The molecule has 0 bridgehead atoms. The van der Waals surface area contributed by atoms with Gasteiger partial charge in [0.2, 0.25) is 0 Å². The summed E-state index contributed by atoms with van der Waals surface area (Å²) in [6.45, 7) is 8.66. The monoisotopic (exact) mass is 291 g/mol. The number of nitrogens with one attached hydrogen (secondary N) is 1. The van der Waals surface area contributed by atoms with Crippen molar-refractivity contribution in [1.82, 2.24) is 15.1 Å². The molecule has 1 aliphatic heterocycles. The molecule has 21 heavy (non-hydrogen) atoms. The fourth-order valence-electron chi connectivity index (χ4n) is 3.30. The van der Waals surface area contributed by atoms with Crippen molar-refractivity contribution in [2.24, 2.45) is 13.0 Å². The number of ether oxygens (including phenoxy) is 1. The Hall–Kier alpha value is -0.870. The Labute approximate surface area is 128 Å². The van der Waals surface area contributed by atoms with Crippen LogP contribution in [-0.2, 0) is 17.2 Å². The van der Waals surface area contributed by atoms with E-state index in [2.05, 4.69) is 32.3 Å². The summed E-state index contributed by atoms with van der Waals surface area (Å²) in [6, 6.07) is 0.767. The molecular formula is C17H29N3O. The van der Waals surface area contributed by atoms with Gasteiger partial charge in [-0.1, -0.05) is 20.8 Å². The quantitative estimate of drug-likeness (QED) is 0.927. The molecule has 1 aliphatic carbocycles. The van der Waals surface area contributed by atoms with Gasteiger partial charge in [0, 0.05) is 49.3 Å². The standard InChI is InChI=1S/C17H29N3O/c1-17(2,3)16-14(11-20(4)19-16)15-12(6-5-9-21-15)10-18-13-7-8-13/h11-13,15,18H,5-10H2,1-4H3. The van der Waals surface area contributed by atoms with E-state index in [1.807, 2.05) is 11.7 Å². The highest BCUT2D eigenvalue weighted by Gasteiger charge is 2.34. The number of aromatic nitrogens is 2. The van der Waals surface area contributed by atoms with Crippen LogP contribution in [0.25, 0.3) is 0 Å². The van der Waals surface area contributed by atoms with E-state index < -0.39 is 0 Å². The summed E-state index contributed by atoms with van der Waals surface area (Å²) in [5, 5.41) is 8.40. The second kappa shape index (κ2) is 5.73. The Bertz CT molecular complexity index is 485. The number of nitrogens with zero attached hydrogens (tertiary/aromatic N) is 2. The molecule has 2 atom stereocenters.